The summed E-state index contributed by atoms with van der Waals surface area (Å²) in [5, 5.41) is 2.05. The highest BCUT2D eigenvalue weighted by molar-refractivity contribution is 6.30. The van der Waals surface area contributed by atoms with Gasteiger partial charge in [0.25, 0.3) is 0 Å². The molecule has 4 nitrogen and oxygen atoms in total. The lowest BCUT2D eigenvalue weighted by molar-refractivity contribution is 0.893. The average Bonchev–Trinajstić information content (AvgIpc) is 3.98. The Morgan fingerprint density at radius 1 is 0.396 bits per heavy atom. The van der Waals surface area contributed by atoms with Crippen molar-refractivity contribution in [2.45, 2.75) is 5.92 Å². The van der Waals surface area contributed by atoms with Crippen LogP contribution in [0.25, 0.3) is 16.7 Å². The molecule has 0 aliphatic carbocycles. The Hall–Kier alpha value is -6.39. The van der Waals surface area contributed by atoms with Crippen molar-refractivity contribution < 1.29 is 0 Å². The van der Waals surface area contributed by atoms with Crippen LogP contribution in [0.4, 0.5) is 0 Å². The molecule has 7 aromatic rings. The molecule has 2 aliphatic rings. The first-order valence-electron chi connectivity index (χ1n) is 16.3. The largest absolute Gasteiger partial charge is 0.357 e. The van der Waals surface area contributed by atoms with Crippen molar-refractivity contribution in [1.29, 1.82) is 0 Å². The number of fused-ring (bicyclic) bond motifs is 7. The molecule has 0 saturated carbocycles. The fourth-order valence-corrected chi connectivity index (χ4v) is 7.11. The molecule has 8 bridgehead atoms. The number of nitrogens with one attached hydrogen (secondary N) is 3. The maximum Gasteiger partial charge on any atom is 0.0737 e. The molecule has 0 unspecified atom stereocenters. The van der Waals surface area contributed by atoms with Gasteiger partial charge in [-0.1, -0.05) is 121 Å². The molecule has 2 aliphatic heterocycles. The van der Waals surface area contributed by atoms with E-state index in [0.717, 1.165) is 78.3 Å². The predicted octanol–water partition coefficient (Wildman–Crippen LogP) is 8.08. The quantitative estimate of drug-likeness (QED) is 0.179. The van der Waals surface area contributed by atoms with Crippen molar-refractivity contribution in [2.75, 3.05) is 0 Å². The molecule has 3 aromatic heterocycles. The van der Waals surface area contributed by atoms with E-state index in [4.69, 9.17) is 4.99 Å². The van der Waals surface area contributed by atoms with Gasteiger partial charge in [-0.05, 0) is 70.8 Å². The molecule has 9 rings (SSSR count). The van der Waals surface area contributed by atoms with E-state index < -0.39 is 0 Å². The Morgan fingerprint density at radius 2 is 0.875 bits per heavy atom. The summed E-state index contributed by atoms with van der Waals surface area (Å²) >= 11 is 0. The Morgan fingerprint density at radius 3 is 1.46 bits per heavy atom. The van der Waals surface area contributed by atoms with Gasteiger partial charge in [-0.15, -0.1) is 0 Å². The first-order chi connectivity index (χ1) is 23.8. The van der Waals surface area contributed by atoms with E-state index in [1.807, 2.05) is 0 Å². The van der Waals surface area contributed by atoms with Crippen LogP contribution in [0.1, 0.15) is 50.9 Å². The lowest BCUT2D eigenvalue weighted by Crippen LogP contribution is -2.19. The average molecular weight is 617 g/mol. The Labute approximate surface area is 278 Å². The Kier molecular flexibility index (Phi) is 6.83. The lowest BCUT2D eigenvalue weighted by Gasteiger charge is -2.16. The van der Waals surface area contributed by atoms with E-state index in [0.29, 0.717) is 0 Å². The molecule has 0 saturated heterocycles. The highest BCUT2D eigenvalue weighted by atomic mass is 14.8. The van der Waals surface area contributed by atoms with Crippen molar-refractivity contribution in [2.24, 2.45) is 4.99 Å². The van der Waals surface area contributed by atoms with Gasteiger partial charge in [-0.25, -0.2) is 4.99 Å². The minimum atomic E-state index is -0.0314. The first kappa shape index (κ1) is 27.9. The van der Waals surface area contributed by atoms with E-state index in [2.05, 4.69) is 185 Å². The third-order valence-corrected chi connectivity index (χ3v) is 9.28. The van der Waals surface area contributed by atoms with Crippen LogP contribution in [0.3, 0.4) is 0 Å². The number of aromatic nitrogens is 3. The van der Waals surface area contributed by atoms with Crippen LogP contribution in [-0.4, -0.2) is 20.7 Å². The summed E-state index contributed by atoms with van der Waals surface area (Å²) in [7, 11) is 0. The second-order valence-corrected chi connectivity index (χ2v) is 12.2. The van der Waals surface area contributed by atoms with Crippen molar-refractivity contribution in [1.82, 2.24) is 15.0 Å². The zero-order chi connectivity index (χ0) is 31.9. The number of allylic oxidation sites excluding steroid dienone is 2. The summed E-state index contributed by atoms with van der Waals surface area (Å²) in [6, 6.07) is 55.7. The van der Waals surface area contributed by atoms with Gasteiger partial charge in [-0.2, -0.15) is 0 Å². The number of benzene rings is 4. The summed E-state index contributed by atoms with van der Waals surface area (Å²) < 4.78 is 0. The molecule has 5 heterocycles. The molecular weight excluding hydrogens is 585 g/mol. The fraction of sp³-hybridized carbons (Fsp3) is 0.0227. The molecule has 4 aromatic carbocycles. The van der Waals surface area contributed by atoms with Crippen LogP contribution >= 0.6 is 0 Å². The molecule has 0 spiro atoms. The minimum Gasteiger partial charge on any atom is -0.357 e. The topological polar surface area (TPSA) is 59.7 Å². The zero-order valence-corrected chi connectivity index (χ0v) is 26.2. The fourth-order valence-electron chi connectivity index (χ4n) is 7.11. The normalized spacial score (nSPS) is 19.3. The number of hydrogen-bond acceptors (Lipinski definition) is 1. The zero-order valence-electron chi connectivity index (χ0n) is 26.2. The number of hydrogen-bond donors (Lipinski definition) is 3. The monoisotopic (exact) mass is 616 g/mol. The second kappa shape index (κ2) is 11.8. The van der Waals surface area contributed by atoms with Gasteiger partial charge in [0.2, 0.25) is 0 Å². The van der Waals surface area contributed by atoms with Crippen LogP contribution in [0.5, 0.6) is 0 Å². The standard InChI is InChI=1S/C44H32N4/c1-5-13-29(14-6-1)41-33-21-23-35(45-33)42(30-15-7-2-8-16-30)37-25-27-39(47-37)44(32-19-11-4-12-20-32)40-28-26-38(48-40)43(31-17-9-3-10-18-31)36-24-22-34(41)46-36/h1-28,41,45-47H/b42-37-,43-38-,44-39-/t41-/m1/s1. The molecule has 0 radical (unpaired) electrons. The van der Waals surface area contributed by atoms with Crippen LogP contribution in [0.15, 0.2) is 181 Å². The van der Waals surface area contributed by atoms with E-state index in [1.54, 1.807) is 0 Å². The number of aromatic amines is 3. The minimum absolute atomic E-state index is 0.0314. The van der Waals surface area contributed by atoms with Crippen LogP contribution < -0.4 is 10.7 Å². The maximum absolute atomic E-state index is 5.36. The van der Waals surface area contributed by atoms with Crippen molar-refractivity contribution in [3.8, 4) is 0 Å². The number of aliphatic imine (C=N–C) groups is 1. The van der Waals surface area contributed by atoms with Gasteiger partial charge in [0.1, 0.15) is 0 Å². The Balaban J connectivity index is 1.40. The summed E-state index contributed by atoms with van der Waals surface area (Å²) in [6.07, 6.45) is 4.30. The van der Waals surface area contributed by atoms with Crippen LogP contribution in [0.2, 0.25) is 0 Å². The summed E-state index contributed by atoms with van der Waals surface area (Å²) in [4.78, 5) is 16.9. The number of rotatable bonds is 4. The van der Waals surface area contributed by atoms with Crippen molar-refractivity contribution in [3.63, 3.8) is 0 Å². The number of H-pyrrole nitrogens is 3. The Bertz CT molecular complexity index is 2470. The third kappa shape index (κ3) is 4.91. The summed E-state index contributed by atoms with van der Waals surface area (Å²) in [5.74, 6) is -0.0314. The van der Waals surface area contributed by atoms with E-state index in [1.165, 1.54) is 5.56 Å². The van der Waals surface area contributed by atoms with Gasteiger partial charge in [0, 0.05) is 50.2 Å². The van der Waals surface area contributed by atoms with E-state index >= 15 is 0 Å². The van der Waals surface area contributed by atoms with Crippen molar-refractivity contribution in [3.05, 3.63) is 231 Å². The highest BCUT2D eigenvalue weighted by Gasteiger charge is 2.24. The SMILES string of the molecule is C1=C/C2=C(\c3ccccc3)c3ccc([nH]3)[C@H](c3ccccc3)c3ccc([nH]3)/C(c3ccccc3)=c3/cc/c([nH]3)=C(\c3ccccc3)C1=N2. The number of nitrogens with zero attached hydrogens (tertiary/aromatic N) is 1. The molecule has 48 heavy (non-hydrogen) atoms. The van der Waals surface area contributed by atoms with Gasteiger partial charge < -0.3 is 15.0 Å². The molecule has 0 fully saturated rings. The van der Waals surface area contributed by atoms with Gasteiger partial charge >= 0.3 is 0 Å². The molecule has 1 atom stereocenters. The second-order valence-electron chi connectivity index (χ2n) is 12.2. The van der Waals surface area contributed by atoms with Crippen LogP contribution in [-0.2, 0) is 0 Å². The maximum atomic E-state index is 5.36. The smallest absolute Gasteiger partial charge is 0.0737 e. The van der Waals surface area contributed by atoms with Crippen molar-refractivity contribution >= 4 is 22.4 Å². The predicted molar refractivity (Wildman–Crippen MR) is 195 cm³/mol. The highest BCUT2D eigenvalue weighted by Crippen LogP contribution is 2.36. The molecular formula is C44H32N4. The van der Waals surface area contributed by atoms with Gasteiger partial charge in [0.15, 0.2) is 0 Å². The molecule has 0 amide bonds. The molecule has 228 valence electrons. The lowest BCUT2D eigenvalue weighted by atomic mass is 9.93. The first-order valence-corrected chi connectivity index (χ1v) is 16.3. The summed E-state index contributed by atoms with van der Waals surface area (Å²) in [5.41, 5.74) is 13.9. The third-order valence-electron chi connectivity index (χ3n) is 9.28. The van der Waals surface area contributed by atoms with E-state index in [-0.39, 0.29) is 5.92 Å². The summed E-state index contributed by atoms with van der Waals surface area (Å²) in [6.45, 7) is 0. The van der Waals surface area contributed by atoms with E-state index in [9.17, 15) is 0 Å². The molecule has 3 N–H and O–H groups in total. The molecule has 4 heteroatoms. The van der Waals surface area contributed by atoms with Gasteiger partial charge in [-0.3, -0.25) is 0 Å². The van der Waals surface area contributed by atoms with Crippen LogP contribution in [0, 0.1) is 0 Å². The van der Waals surface area contributed by atoms with Gasteiger partial charge in [0.05, 0.1) is 17.3 Å².